The summed E-state index contributed by atoms with van der Waals surface area (Å²) >= 11 is 0. The Hall–Kier alpha value is 0.390. The molecule has 1 rings (SSSR count). The summed E-state index contributed by atoms with van der Waals surface area (Å²) in [6, 6.07) is 0. The van der Waals surface area contributed by atoms with Gasteiger partial charge < -0.3 is 19.7 Å². The first-order valence-corrected chi connectivity index (χ1v) is 4.79. The summed E-state index contributed by atoms with van der Waals surface area (Å²) in [5.74, 6) is -0.936. The Morgan fingerprint density at radius 3 is 2.36 bits per heavy atom. The van der Waals surface area contributed by atoms with Gasteiger partial charge in [-0.2, -0.15) is 0 Å². The molecule has 4 nitrogen and oxygen atoms in total. The summed E-state index contributed by atoms with van der Waals surface area (Å²) < 4.78 is 0. The quantitative estimate of drug-likeness (QED) is 0.439. The molecular formula is C9H17N2NaO2. The molecule has 5 heteroatoms. The smallest absolute Gasteiger partial charge is 0.550 e. The van der Waals surface area contributed by atoms with Crippen LogP contribution in [0.2, 0.25) is 0 Å². The summed E-state index contributed by atoms with van der Waals surface area (Å²) in [7, 11) is 2.11. The average molecular weight is 208 g/mol. The van der Waals surface area contributed by atoms with Gasteiger partial charge in [0.05, 0.1) is 0 Å². The van der Waals surface area contributed by atoms with Crippen LogP contribution in [0.3, 0.4) is 0 Å². The molecule has 0 amide bonds. The van der Waals surface area contributed by atoms with Crippen LogP contribution >= 0.6 is 0 Å². The monoisotopic (exact) mass is 208 g/mol. The van der Waals surface area contributed by atoms with Crippen LogP contribution in [0.15, 0.2) is 0 Å². The maximum atomic E-state index is 10.2. The van der Waals surface area contributed by atoms with Crippen molar-refractivity contribution >= 4 is 5.97 Å². The molecule has 0 aromatic rings. The van der Waals surface area contributed by atoms with Gasteiger partial charge in [0.1, 0.15) is 0 Å². The summed E-state index contributed by atoms with van der Waals surface area (Å²) in [5.41, 5.74) is 0. The van der Waals surface area contributed by atoms with Crippen LogP contribution in [0, 0.1) is 0 Å². The molecule has 0 aliphatic carbocycles. The zero-order valence-corrected chi connectivity index (χ0v) is 11.2. The van der Waals surface area contributed by atoms with Crippen LogP contribution in [-0.2, 0) is 4.79 Å². The molecule has 14 heavy (non-hydrogen) atoms. The summed E-state index contributed by atoms with van der Waals surface area (Å²) in [6.07, 6.45) is 0.901. The molecule has 0 atom stereocenters. The Morgan fingerprint density at radius 2 is 1.86 bits per heavy atom. The number of piperazine rings is 1. The van der Waals surface area contributed by atoms with E-state index in [1.807, 2.05) is 0 Å². The van der Waals surface area contributed by atoms with Crippen molar-refractivity contribution in [3.05, 3.63) is 0 Å². The third-order valence-corrected chi connectivity index (χ3v) is 2.45. The van der Waals surface area contributed by atoms with E-state index in [4.69, 9.17) is 0 Å². The van der Waals surface area contributed by atoms with Gasteiger partial charge >= 0.3 is 29.6 Å². The van der Waals surface area contributed by atoms with E-state index in [2.05, 4.69) is 16.8 Å². The molecule has 0 unspecified atom stereocenters. The van der Waals surface area contributed by atoms with Crippen molar-refractivity contribution in [3.8, 4) is 0 Å². The van der Waals surface area contributed by atoms with Gasteiger partial charge in [0, 0.05) is 32.1 Å². The van der Waals surface area contributed by atoms with Gasteiger partial charge in [-0.15, -0.1) is 0 Å². The van der Waals surface area contributed by atoms with Crippen molar-refractivity contribution < 1.29 is 39.5 Å². The van der Waals surface area contributed by atoms with E-state index in [9.17, 15) is 9.90 Å². The van der Waals surface area contributed by atoms with E-state index in [0.717, 1.165) is 32.7 Å². The minimum Gasteiger partial charge on any atom is -0.550 e. The van der Waals surface area contributed by atoms with Gasteiger partial charge in [0.2, 0.25) is 0 Å². The molecule has 0 bridgehead atoms. The van der Waals surface area contributed by atoms with Crippen LogP contribution in [-0.4, -0.2) is 55.5 Å². The maximum Gasteiger partial charge on any atom is 1.00 e. The Morgan fingerprint density at radius 1 is 1.29 bits per heavy atom. The Balaban J connectivity index is 0.00000169. The summed E-state index contributed by atoms with van der Waals surface area (Å²) in [6.45, 7) is 5.19. The number of nitrogens with zero attached hydrogens (tertiary/aromatic N) is 2. The maximum absolute atomic E-state index is 10.2. The molecule has 0 N–H and O–H groups in total. The van der Waals surface area contributed by atoms with Gasteiger partial charge in [0.25, 0.3) is 0 Å². The van der Waals surface area contributed by atoms with E-state index < -0.39 is 5.97 Å². The number of likely N-dealkylation sites (N-methyl/N-ethyl adjacent to an activating group) is 1. The zero-order chi connectivity index (χ0) is 9.68. The minimum absolute atomic E-state index is 0. The molecule has 1 fully saturated rings. The first-order valence-electron chi connectivity index (χ1n) is 4.79. The SMILES string of the molecule is CN1CCN(CCCC(=O)[O-])CC1.[Na+]. The number of hydrogen-bond acceptors (Lipinski definition) is 4. The predicted molar refractivity (Wildman–Crippen MR) is 48.2 cm³/mol. The molecule has 1 aliphatic heterocycles. The first kappa shape index (κ1) is 14.4. The van der Waals surface area contributed by atoms with Crippen molar-refractivity contribution in [2.75, 3.05) is 39.8 Å². The Labute approximate surface area is 108 Å². The van der Waals surface area contributed by atoms with E-state index in [1.54, 1.807) is 0 Å². The molecular weight excluding hydrogens is 191 g/mol. The standard InChI is InChI=1S/C9H18N2O2.Na/c1-10-5-7-11(8-6-10)4-2-3-9(12)13;/h2-8H2,1H3,(H,12,13);/q;+1/p-1. The summed E-state index contributed by atoms with van der Waals surface area (Å²) in [4.78, 5) is 14.8. The largest absolute Gasteiger partial charge is 1.00 e. The molecule has 1 heterocycles. The van der Waals surface area contributed by atoms with Gasteiger partial charge in [-0.1, -0.05) is 0 Å². The Kier molecular flexibility index (Phi) is 7.86. The fourth-order valence-corrected chi connectivity index (χ4v) is 1.52. The third-order valence-electron chi connectivity index (χ3n) is 2.45. The number of carbonyl (C=O) groups excluding carboxylic acids is 1. The number of carboxylic acid groups (broad SMARTS) is 1. The molecule has 1 saturated heterocycles. The van der Waals surface area contributed by atoms with Crippen LogP contribution in [0.4, 0.5) is 0 Å². The van der Waals surface area contributed by atoms with Crippen molar-refractivity contribution in [3.63, 3.8) is 0 Å². The van der Waals surface area contributed by atoms with Crippen molar-refractivity contribution in [1.82, 2.24) is 9.80 Å². The van der Waals surface area contributed by atoms with Gasteiger partial charge in [-0.3, -0.25) is 0 Å². The number of carbonyl (C=O) groups is 1. The normalized spacial score (nSPS) is 18.9. The second-order valence-corrected chi connectivity index (χ2v) is 3.62. The third kappa shape index (κ3) is 5.98. The molecule has 0 aromatic heterocycles. The van der Waals surface area contributed by atoms with Crippen LogP contribution in [0.5, 0.6) is 0 Å². The van der Waals surface area contributed by atoms with E-state index >= 15 is 0 Å². The zero-order valence-electron chi connectivity index (χ0n) is 9.16. The van der Waals surface area contributed by atoms with E-state index in [-0.39, 0.29) is 36.0 Å². The van der Waals surface area contributed by atoms with Crippen molar-refractivity contribution in [2.24, 2.45) is 0 Å². The van der Waals surface area contributed by atoms with Crippen molar-refractivity contribution in [2.45, 2.75) is 12.8 Å². The average Bonchev–Trinajstić information content (AvgIpc) is 2.08. The van der Waals surface area contributed by atoms with Crippen LogP contribution < -0.4 is 34.7 Å². The number of carboxylic acids is 1. The van der Waals surface area contributed by atoms with Gasteiger partial charge in [-0.25, -0.2) is 0 Å². The number of hydrogen-bond donors (Lipinski definition) is 0. The van der Waals surface area contributed by atoms with Gasteiger partial charge in [0.15, 0.2) is 0 Å². The fourth-order valence-electron chi connectivity index (χ4n) is 1.52. The van der Waals surface area contributed by atoms with Crippen LogP contribution in [0.1, 0.15) is 12.8 Å². The van der Waals surface area contributed by atoms with Crippen LogP contribution in [0.25, 0.3) is 0 Å². The second-order valence-electron chi connectivity index (χ2n) is 3.62. The van der Waals surface area contributed by atoms with Crippen molar-refractivity contribution in [1.29, 1.82) is 0 Å². The summed E-state index contributed by atoms with van der Waals surface area (Å²) in [5, 5.41) is 10.2. The second kappa shape index (κ2) is 7.65. The van der Waals surface area contributed by atoms with Gasteiger partial charge in [-0.05, 0) is 26.4 Å². The van der Waals surface area contributed by atoms with E-state index in [0.29, 0.717) is 6.42 Å². The predicted octanol–water partition coefficient (Wildman–Crippen LogP) is -4.23. The molecule has 0 saturated carbocycles. The molecule has 0 aromatic carbocycles. The number of rotatable bonds is 4. The van der Waals surface area contributed by atoms with E-state index in [1.165, 1.54) is 0 Å². The Bertz CT molecular complexity index is 170. The molecule has 1 aliphatic rings. The molecule has 76 valence electrons. The number of aliphatic carboxylic acids is 1. The first-order chi connectivity index (χ1) is 6.18. The topological polar surface area (TPSA) is 46.6 Å². The minimum atomic E-state index is -0.936. The molecule has 0 spiro atoms. The molecule has 0 radical (unpaired) electrons. The fraction of sp³-hybridized carbons (Fsp3) is 0.889.